The summed E-state index contributed by atoms with van der Waals surface area (Å²) in [7, 11) is 0. The van der Waals surface area contributed by atoms with Crippen LogP contribution < -0.4 is 11.3 Å². The van der Waals surface area contributed by atoms with Crippen LogP contribution in [0.25, 0.3) is 0 Å². The van der Waals surface area contributed by atoms with Gasteiger partial charge in [0.25, 0.3) is 0 Å². The molecule has 92 valence electrons. The van der Waals surface area contributed by atoms with E-state index in [1.807, 2.05) is 0 Å². The molecule has 0 aromatic heterocycles. The molecular formula is C13H16F2N2. The van der Waals surface area contributed by atoms with Gasteiger partial charge in [-0.1, -0.05) is 12.5 Å². The molecule has 2 nitrogen and oxygen atoms in total. The molecule has 1 aromatic rings. The number of fused-ring (bicyclic) bond motifs is 1. The molecule has 0 spiro atoms. The topological polar surface area (TPSA) is 38.0 Å². The van der Waals surface area contributed by atoms with Crippen molar-refractivity contribution in [1.29, 1.82) is 0 Å². The first-order valence-corrected chi connectivity index (χ1v) is 6.13. The van der Waals surface area contributed by atoms with Gasteiger partial charge in [-0.15, -0.1) is 0 Å². The molecule has 0 saturated heterocycles. The van der Waals surface area contributed by atoms with Crippen molar-refractivity contribution in [3.05, 3.63) is 35.4 Å². The molecule has 2 fully saturated rings. The van der Waals surface area contributed by atoms with E-state index in [9.17, 15) is 8.78 Å². The van der Waals surface area contributed by atoms with Gasteiger partial charge in [-0.2, -0.15) is 0 Å². The van der Waals surface area contributed by atoms with Crippen LogP contribution in [0.2, 0.25) is 0 Å². The molecule has 3 atom stereocenters. The summed E-state index contributed by atoms with van der Waals surface area (Å²) in [5.74, 6) is 6.29. The third kappa shape index (κ3) is 1.76. The minimum Gasteiger partial charge on any atom is -0.271 e. The normalized spacial score (nSPS) is 32.3. The number of benzene rings is 1. The fraction of sp³-hybridized carbons (Fsp3) is 0.538. The molecule has 2 aliphatic carbocycles. The van der Waals surface area contributed by atoms with Crippen molar-refractivity contribution in [2.45, 2.75) is 25.3 Å². The van der Waals surface area contributed by atoms with Gasteiger partial charge in [-0.05, 0) is 36.7 Å². The van der Waals surface area contributed by atoms with Gasteiger partial charge in [-0.25, -0.2) is 8.78 Å². The van der Waals surface area contributed by atoms with Crippen LogP contribution in [0.15, 0.2) is 18.2 Å². The minimum atomic E-state index is -0.544. The monoisotopic (exact) mass is 238 g/mol. The van der Waals surface area contributed by atoms with Gasteiger partial charge in [0.2, 0.25) is 0 Å². The zero-order valence-corrected chi connectivity index (χ0v) is 9.50. The van der Waals surface area contributed by atoms with Gasteiger partial charge in [0, 0.05) is 11.6 Å². The molecular weight excluding hydrogens is 222 g/mol. The Hall–Kier alpha value is -1.00. The van der Waals surface area contributed by atoms with Crippen LogP contribution in [0.5, 0.6) is 0 Å². The summed E-state index contributed by atoms with van der Waals surface area (Å²) in [5, 5.41) is 0. The fourth-order valence-electron chi connectivity index (χ4n) is 3.53. The van der Waals surface area contributed by atoms with Crippen LogP contribution in [0.4, 0.5) is 8.78 Å². The zero-order valence-electron chi connectivity index (χ0n) is 9.50. The Kier molecular flexibility index (Phi) is 2.64. The van der Waals surface area contributed by atoms with Crippen LogP contribution in [0.1, 0.15) is 30.9 Å². The number of rotatable bonds is 3. The Bertz CT molecular complexity index is 425. The van der Waals surface area contributed by atoms with Crippen LogP contribution in [-0.4, -0.2) is 0 Å². The van der Waals surface area contributed by atoms with E-state index in [4.69, 9.17) is 5.84 Å². The van der Waals surface area contributed by atoms with Crippen LogP contribution in [-0.2, 0) is 0 Å². The minimum absolute atomic E-state index is 0.175. The summed E-state index contributed by atoms with van der Waals surface area (Å²) in [6, 6.07) is 3.55. The van der Waals surface area contributed by atoms with Crippen LogP contribution in [0.3, 0.4) is 0 Å². The maximum Gasteiger partial charge on any atom is 0.130 e. The lowest BCUT2D eigenvalue weighted by Crippen LogP contribution is -2.31. The van der Waals surface area contributed by atoms with Crippen LogP contribution in [0, 0.1) is 29.4 Å². The summed E-state index contributed by atoms with van der Waals surface area (Å²) in [4.78, 5) is 0. The number of halogens is 2. The highest BCUT2D eigenvalue weighted by atomic mass is 19.1. The predicted octanol–water partition coefficient (Wildman–Crippen LogP) is 2.52. The second-order valence-electron chi connectivity index (χ2n) is 5.15. The molecule has 0 heterocycles. The number of hydrogen-bond donors (Lipinski definition) is 2. The van der Waals surface area contributed by atoms with E-state index in [1.54, 1.807) is 0 Å². The van der Waals surface area contributed by atoms with E-state index in [0.717, 1.165) is 6.07 Å². The quantitative estimate of drug-likeness (QED) is 0.627. The first-order chi connectivity index (χ1) is 8.22. The Morgan fingerprint density at radius 2 is 1.94 bits per heavy atom. The van der Waals surface area contributed by atoms with E-state index in [2.05, 4.69) is 5.43 Å². The van der Waals surface area contributed by atoms with Crippen molar-refractivity contribution in [2.24, 2.45) is 23.6 Å². The Labute approximate surface area is 99.2 Å². The Morgan fingerprint density at radius 1 is 1.24 bits per heavy atom. The summed E-state index contributed by atoms with van der Waals surface area (Å²) >= 11 is 0. The van der Waals surface area contributed by atoms with E-state index in [0.29, 0.717) is 23.3 Å². The zero-order chi connectivity index (χ0) is 12.0. The van der Waals surface area contributed by atoms with E-state index in [1.165, 1.54) is 31.4 Å². The maximum atomic E-state index is 13.7. The summed E-state index contributed by atoms with van der Waals surface area (Å²) in [6.45, 7) is 0. The van der Waals surface area contributed by atoms with Crippen molar-refractivity contribution >= 4 is 0 Å². The molecule has 0 bridgehead atoms. The molecule has 0 aliphatic heterocycles. The van der Waals surface area contributed by atoms with Crippen molar-refractivity contribution in [3.63, 3.8) is 0 Å². The molecule has 2 aliphatic rings. The largest absolute Gasteiger partial charge is 0.271 e. The lowest BCUT2D eigenvalue weighted by Gasteiger charge is -2.19. The van der Waals surface area contributed by atoms with Gasteiger partial charge < -0.3 is 0 Å². The maximum absolute atomic E-state index is 13.7. The van der Waals surface area contributed by atoms with E-state index < -0.39 is 11.6 Å². The second kappa shape index (κ2) is 4.03. The van der Waals surface area contributed by atoms with Gasteiger partial charge in [-0.3, -0.25) is 11.3 Å². The predicted molar refractivity (Wildman–Crippen MR) is 60.7 cm³/mol. The van der Waals surface area contributed by atoms with Crippen molar-refractivity contribution in [2.75, 3.05) is 0 Å². The molecule has 0 amide bonds. The number of hydrogen-bond acceptors (Lipinski definition) is 2. The van der Waals surface area contributed by atoms with Gasteiger partial charge >= 0.3 is 0 Å². The van der Waals surface area contributed by atoms with Crippen molar-refractivity contribution in [1.82, 2.24) is 5.43 Å². The molecule has 17 heavy (non-hydrogen) atoms. The average molecular weight is 238 g/mol. The molecule has 1 aromatic carbocycles. The lowest BCUT2D eigenvalue weighted by molar-refractivity contribution is 0.409. The first kappa shape index (κ1) is 11.1. The SMILES string of the molecule is NNC(c1ccc(F)cc1F)C1C2CCCC21. The molecule has 3 N–H and O–H groups in total. The summed E-state index contributed by atoms with van der Waals surface area (Å²) in [5.41, 5.74) is 3.20. The highest BCUT2D eigenvalue weighted by Gasteiger charge is 2.56. The van der Waals surface area contributed by atoms with Gasteiger partial charge in [0.05, 0.1) is 6.04 Å². The molecule has 0 radical (unpaired) electrons. The average Bonchev–Trinajstić information content (AvgIpc) is 2.77. The van der Waals surface area contributed by atoms with E-state index in [-0.39, 0.29) is 6.04 Å². The molecule has 3 rings (SSSR count). The standard InChI is InChI=1S/C13H16F2N2/c14-7-4-5-10(11(15)6-7)13(17-16)12-8-2-1-3-9(8)12/h4-6,8-9,12-13,17H,1-3,16H2. The third-order valence-corrected chi connectivity index (χ3v) is 4.33. The lowest BCUT2D eigenvalue weighted by atomic mass is 9.97. The van der Waals surface area contributed by atoms with Crippen molar-refractivity contribution in [3.8, 4) is 0 Å². The smallest absolute Gasteiger partial charge is 0.130 e. The van der Waals surface area contributed by atoms with Gasteiger partial charge in [0.1, 0.15) is 11.6 Å². The van der Waals surface area contributed by atoms with Gasteiger partial charge in [0.15, 0.2) is 0 Å². The third-order valence-electron chi connectivity index (χ3n) is 4.33. The fourth-order valence-corrected chi connectivity index (χ4v) is 3.53. The Morgan fingerprint density at radius 3 is 2.53 bits per heavy atom. The highest BCUT2D eigenvalue weighted by molar-refractivity contribution is 5.26. The number of nitrogens with two attached hydrogens (primary N) is 1. The Balaban J connectivity index is 1.85. The van der Waals surface area contributed by atoms with E-state index >= 15 is 0 Å². The van der Waals surface area contributed by atoms with Crippen LogP contribution >= 0.6 is 0 Å². The second-order valence-corrected chi connectivity index (χ2v) is 5.15. The number of nitrogens with one attached hydrogen (secondary N) is 1. The molecule has 3 unspecified atom stereocenters. The molecule has 2 saturated carbocycles. The highest BCUT2D eigenvalue weighted by Crippen LogP contribution is 2.62. The summed E-state index contributed by atoms with van der Waals surface area (Å²) < 4.78 is 26.6. The molecule has 4 heteroatoms. The number of hydrazine groups is 1. The first-order valence-electron chi connectivity index (χ1n) is 6.13. The van der Waals surface area contributed by atoms with Crippen molar-refractivity contribution < 1.29 is 8.78 Å². The summed E-state index contributed by atoms with van der Waals surface area (Å²) in [6.07, 6.45) is 3.71.